The minimum atomic E-state index is -0.649. The molecule has 0 aliphatic rings. The second kappa shape index (κ2) is 5.72. The van der Waals surface area contributed by atoms with Gasteiger partial charge >= 0.3 is 0 Å². The maximum absolute atomic E-state index is 12.3. The molecule has 0 spiro atoms. The third-order valence-corrected chi connectivity index (χ3v) is 3.34. The molecular weight excluding hydrogens is 298 g/mol. The summed E-state index contributed by atoms with van der Waals surface area (Å²) in [7, 11) is 0. The van der Waals surface area contributed by atoms with Crippen molar-refractivity contribution < 1.29 is 14.8 Å². The van der Waals surface area contributed by atoms with E-state index in [9.17, 15) is 20.0 Å². The van der Waals surface area contributed by atoms with Crippen molar-refractivity contribution in [1.82, 2.24) is 4.98 Å². The maximum Gasteiger partial charge on any atom is 0.292 e. The molecular formula is C16H11N3O4. The number of phenolic OH excluding ortho intramolecular Hbond substituents is 1. The van der Waals surface area contributed by atoms with Crippen LogP contribution in [0.1, 0.15) is 10.4 Å². The first-order valence-corrected chi connectivity index (χ1v) is 6.69. The zero-order valence-corrected chi connectivity index (χ0v) is 11.8. The van der Waals surface area contributed by atoms with Crippen LogP contribution in [0.3, 0.4) is 0 Å². The number of benzene rings is 2. The number of aromatic nitrogens is 1. The highest BCUT2D eigenvalue weighted by atomic mass is 16.6. The third-order valence-electron chi connectivity index (χ3n) is 3.34. The van der Waals surface area contributed by atoms with Gasteiger partial charge in [-0.15, -0.1) is 0 Å². The highest BCUT2D eigenvalue weighted by molar-refractivity contribution is 6.10. The normalized spacial score (nSPS) is 10.4. The van der Waals surface area contributed by atoms with Crippen LogP contribution < -0.4 is 5.32 Å². The molecule has 7 nitrogen and oxygen atoms in total. The van der Waals surface area contributed by atoms with Gasteiger partial charge in [0.15, 0.2) is 5.75 Å². The molecule has 1 amide bonds. The number of aromatic hydroxyl groups is 1. The van der Waals surface area contributed by atoms with Crippen molar-refractivity contribution >= 4 is 28.2 Å². The zero-order valence-electron chi connectivity index (χ0n) is 11.8. The van der Waals surface area contributed by atoms with E-state index >= 15 is 0 Å². The molecule has 0 saturated carbocycles. The lowest BCUT2D eigenvalue weighted by Crippen LogP contribution is -2.13. The predicted octanol–water partition coefficient (Wildman–Crippen LogP) is 3.10. The van der Waals surface area contributed by atoms with Crippen molar-refractivity contribution in [3.05, 3.63) is 70.4 Å². The van der Waals surface area contributed by atoms with Gasteiger partial charge < -0.3 is 10.4 Å². The van der Waals surface area contributed by atoms with Gasteiger partial charge in [0.05, 0.1) is 10.5 Å². The Bertz CT molecular complexity index is 924. The fourth-order valence-electron chi connectivity index (χ4n) is 2.24. The number of carbonyl (C=O) groups is 1. The standard InChI is InChI=1S/C16H11N3O4/c20-15-11(8-7-10-4-3-9-17-14(10)15)16(21)18-12-5-1-2-6-13(12)19(22)23/h1-9,20H,(H,18,21). The molecule has 3 rings (SSSR count). The largest absolute Gasteiger partial charge is 0.505 e. The highest BCUT2D eigenvalue weighted by Gasteiger charge is 2.19. The number of nitrogens with zero attached hydrogens (tertiary/aromatic N) is 2. The number of carbonyl (C=O) groups excluding carboxylic acids is 1. The smallest absolute Gasteiger partial charge is 0.292 e. The van der Waals surface area contributed by atoms with Crippen molar-refractivity contribution in [2.24, 2.45) is 0 Å². The monoisotopic (exact) mass is 309 g/mol. The molecule has 114 valence electrons. The summed E-state index contributed by atoms with van der Waals surface area (Å²) in [5.74, 6) is -0.913. The Morgan fingerprint density at radius 1 is 1.13 bits per heavy atom. The van der Waals surface area contributed by atoms with Crippen LogP contribution in [0.15, 0.2) is 54.7 Å². The first-order chi connectivity index (χ1) is 11.1. The fraction of sp³-hybridized carbons (Fsp3) is 0. The van der Waals surface area contributed by atoms with E-state index in [4.69, 9.17) is 0 Å². The molecule has 0 aliphatic heterocycles. The number of nitro benzene ring substituents is 1. The third kappa shape index (κ3) is 2.67. The van der Waals surface area contributed by atoms with Gasteiger partial charge in [-0.1, -0.05) is 24.3 Å². The number of pyridine rings is 1. The number of hydrogen-bond acceptors (Lipinski definition) is 5. The van der Waals surface area contributed by atoms with E-state index in [0.717, 1.165) is 0 Å². The highest BCUT2D eigenvalue weighted by Crippen LogP contribution is 2.29. The first-order valence-electron chi connectivity index (χ1n) is 6.69. The van der Waals surface area contributed by atoms with Gasteiger partial charge in [0, 0.05) is 17.6 Å². The average Bonchev–Trinajstić information content (AvgIpc) is 2.55. The molecule has 23 heavy (non-hydrogen) atoms. The Morgan fingerprint density at radius 2 is 1.91 bits per heavy atom. The summed E-state index contributed by atoms with van der Waals surface area (Å²) in [5.41, 5.74) is 0.124. The minimum Gasteiger partial charge on any atom is -0.505 e. The number of nitrogens with one attached hydrogen (secondary N) is 1. The van der Waals surface area contributed by atoms with E-state index in [-0.39, 0.29) is 22.7 Å². The summed E-state index contributed by atoms with van der Waals surface area (Å²) in [4.78, 5) is 26.8. The van der Waals surface area contributed by atoms with Crippen LogP contribution in [-0.2, 0) is 0 Å². The summed E-state index contributed by atoms with van der Waals surface area (Å²) in [6.45, 7) is 0. The Morgan fingerprint density at radius 3 is 2.70 bits per heavy atom. The summed E-state index contributed by atoms with van der Waals surface area (Å²) < 4.78 is 0. The average molecular weight is 309 g/mol. The van der Waals surface area contributed by atoms with E-state index in [0.29, 0.717) is 10.9 Å². The van der Waals surface area contributed by atoms with Gasteiger partial charge in [0.25, 0.3) is 11.6 Å². The Balaban J connectivity index is 1.99. The van der Waals surface area contributed by atoms with Crippen molar-refractivity contribution in [2.75, 3.05) is 5.32 Å². The minimum absolute atomic E-state index is 0.00523. The lowest BCUT2D eigenvalue weighted by molar-refractivity contribution is -0.383. The van der Waals surface area contributed by atoms with Gasteiger partial charge in [0.2, 0.25) is 0 Å². The molecule has 7 heteroatoms. The van der Waals surface area contributed by atoms with Crippen LogP contribution in [0.5, 0.6) is 5.75 Å². The molecule has 0 atom stereocenters. The van der Waals surface area contributed by atoms with Gasteiger partial charge in [0.1, 0.15) is 11.2 Å². The molecule has 0 aliphatic carbocycles. The van der Waals surface area contributed by atoms with Crippen molar-refractivity contribution in [3.63, 3.8) is 0 Å². The van der Waals surface area contributed by atoms with E-state index in [2.05, 4.69) is 10.3 Å². The molecule has 2 aromatic carbocycles. The summed E-state index contributed by atoms with van der Waals surface area (Å²) in [5, 5.41) is 24.3. The SMILES string of the molecule is O=C(Nc1ccccc1[N+](=O)[O-])c1ccc2cccnc2c1O. The topological polar surface area (TPSA) is 105 Å². The number of phenols is 1. The van der Waals surface area contributed by atoms with Crippen LogP contribution in [0.4, 0.5) is 11.4 Å². The van der Waals surface area contributed by atoms with Crippen LogP contribution in [-0.4, -0.2) is 20.9 Å². The lowest BCUT2D eigenvalue weighted by atomic mass is 10.1. The summed E-state index contributed by atoms with van der Waals surface area (Å²) >= 11 is 0. The fourth-order valence-corrected chi connectivity index (χ4v) is 2.24. The van der Waals surface area contributed by atoms with Gasteiger partial charge in [-0.05, 0) is 18.2 Å². The van der Waals surface area contributed by atoms with E-state index in [1.165, 1.54) is 30.5 Å². The molecule has 2 N–H and O–H groups in total. The quantitative estimate of drug-likeness (QED) is 0.571. The maximum atomic E-state index is 12.3. The zero-order chi connectivity index (χ0) is 16.4. The lowest BCUT2D eigenvalue weighted by Gasteiger charge is -2.08. The second-order valence-electron chi connectivity index (χ2n) is 4.77. The Hall–Kier alpha value is -3.48. The van der Waals surface area contributed by atoms with Crippen LogP contribution in [0.2, 0.25) is 0 Å². The van der Waals surface area contributed by atoms with Crippen LogP contribution in [0.25, 0.3) is 10.9 Å². The van der Waals surface area contributed by atoms with Crippen LogP contribution >= 0.6 is 0 Å². The van der Waals surface area contributed by atoms with Crippen molar-refractivity contribution in [3.8, 4) is 5.75 Å². The number of rotatable bonds is 3. The number of nitro groups is 1. The molecule has 1 aromatic heterocycles. The number of fused-ring (bicyclic) bond motifs is 1. The van der Waals surface area contributed by atoms with E-state index in [1.807, 2.05) is 0 Å². The Labute approximate surface area is 130 Å². The molecule has 1 heterocycles. The van der Waals surface area contributed by atoms with Gasteiger partial charge in [-0.2, -0.15) is 0 Å². The number of amides is 1. The summed E-state index contributed by atoms with van der Waals surface area (Å²) in [6.07, 6.45) is 1.51. The first kappa shape index (κ1) is 14.5. The van der Waals surface area contributed by atoms with E-state index in [1.54, 1.807) is 24.3 Å². The number of para-hydroxylation sites is 2. The molecule has 0 radical (unpaired) electrons. The molecule has 0 saturated heterocycles. The van der Waals surface area contributed by atoms with Crippen LogP contribution in [0, 0.1) is 10.1 Å². The van der Waals surface area contributed by atoms with Crippen molar-refractivity contribution in [1.29, 1.82) is 0 Å². The van der Waals surface area contributed by atoms with Gasteiger partial charge in [-0.3, -0.25) is 19.9 Å². The predicted molar refractivity (Wildman–Crippen MR) is 84.5 cm³/mol. The second-order valence-corrected chi connectivity index (χ2v) is 4.77. The molecule has 0 unspecified atom stereocenters. The van der Waals surface area contributed by atoms with E-state index < -0.39 is 10.8 Å². The molecule has 0 bridgehead atoms. The molecule has 3 aromatic rings. The van der Waals surface area contributed by atoms with Gasteiger partial charge in [-0.25, -0.2) is 0 Å². The Kier molecular flexibility index (Phi) is 3.60. The summed E-state index contributed by atoms with van der Waals surface area (Å²) in [6, 6.07) is 12.4. The van der Waals surface area contributed by atoms with Crippen molar-refractivity contribution in [2.45, 2.75) is 0 Å². The molecule has 0 fully saturated rings. The number of hydrogen-bond donors (Lipinski definition) is 2. The number of anilines is 1.